The fourth-order valence-corrected chi connectivity index (χ4v) is 2.34. The average molecular weight is 421 g/mol. The number of carbonyl (C=O) groups excluding carboxylic acids is 4. The summed E-state index contributed by atoms with van der Waals surface area (Å²) < 4.78 is 10.3. The molecule has 1 rings (SSSR count). The Kier molecular flexibility index (Phi) is 10.4. The molecule has 0 aromatic heterocycles. The molecule has 0 unspecified atom stereocenters. The summed E-state index contributed by atoms with van der Waals surface area (Å²) >= 11 is 0. The van der Waals surface area contributed by atoms with E-state index >= 15 is 0 Å². The van der Waals surface area contributed by atoms with Crippen LogP contribution in [0.4, 0.5) is 4.79 Å². The van der Waals surface area contributed by atoms with Crippen molar-refractivity contribution in [1.82, 2.24) is 16.0 Å². The van der Waals surface area contributed by atoms with E-state index < -0.39 is 36.5 Å². The standard InChI is InChI=1S/C21H31N3O6/c1-6-14(5)22-21(28)23-17(25)12-30-20(27)18(13(3)4)24-19(26)15-8-10-16(11-9-15)29-7-2/h8-11,13-14,18H,6-7,12H2,1-5H3,(H,24,26)(H2,22,23,25,28)/t14-,18+/m1/s1. The zero-order valence-corrected chi connectivity index (χ0v) is 18.1. The Balaban J connectivity index is 2.60. The van der Waals surface area contributed by atoms with Gasteiger partial charge in [-0.25, -0.2) is 9.59 Å². The van der Waals surface area contributed by atoms with Crippen molar-refractivity contribution >= 4 is 23.8 Å². The summed E-state index contributed by atoms with van der Waals surface area (Å²) in [5.74, 6) is -1.62. The van der Waals surface area contributed by atoms with Gasteiger partial charge in [0.1, 0.15) is 11.8 Å². The molecule has 30 heavy (non-hydrogen) atoms. The van der Waals surface area contributed by atoms with Crippen molar-refractivity contribution in [2.24, 2.45) is 5.92 Å². The van der Waals surface area contributed by atoms with E-state index in [1.165, 1.54) is 0 Å². The molecule has 4 amide bonds. The molecule has 0 spiro atoms. The monoisotopic (exact) mass is 421 g/mol. The minimum Gasteiger partial charge on any atom is -0.494 e. The van der Waals surface area contributed by atoms with Gasteiger partial charge in [0.25, 0.3) is 11.8 Å². The van der Waals surface area contributed by atoms with Crippen molar-refractivity contribution < 1.29 is 28.7 Å². The minimum atomic E-state index is -0.953. The third-order valence-corrected chi connectivity index (χ3v) is 4.22. The maximum atomic E-state index is 12.5. The molecule has 0 aliphatic heterocycles. The van der Waals surface area contributed by atoms with Crippen LogP contribution >= 0.6 is 0 Å². The first kappa shape index (κ1) is 24.9. The number of ether oxygens (including phenoxy) is 2. The van der Waals surface area contributed by atoms with Crippen LogP contribution in [0.25, 0.3) is 0 Å². The van der Waals surface area contributed by atoms with Crippen LogP contribution in [0.2, 0.25) is 0 Å². The number of rotatable bonds is 10. The molecule has 3 N–H and O–H groups in total. The predicted octanol–water partition coefficient (Wildman–Crippen LogP) is 2.01. The highest BCUT2D eigenvalue weighted by Crippen LogP contribution is 2.13. The third-order valence-electron chi connectivity index (χ3n) is 4.22. The smallest absolute Gasteiger partial charge is 0.329 e. The summed E-state index contributed by atoms with van der Waals surface area (Å²) in [5, 5.41) is 7.27. The Morgan fingerprint density at radius 2 is 1.60 bits per heavy atom. The second kappa shape index (κ2) is 12.5. The fraction of sp³-hybridized carbons (Fsp3) is 0.524. The van der Waals surface area contributed by atoms with Crippen molar-refractivity contribution in [1.29, 1.82) is 0 Å². The Labute approximate surface area is 176 Å². The van der Waals surface area contributed by atoms with Crippen LogP contribution in [0.1, 0.15) is 51.4 Å². The van der Waals surface area contributed by atoms with Gasteiger partial charge >= 0.3 is 12.0 Å². The predicted molar refractivity (Wildman–Crippen MR) is 111 cm³/mol. The molecule has 2 atom stereocenters. The Morgan fingerprint density at radius 3 is 2.13 bits per heavy atom. The van der Waals surface area contributed by atoms with Gasteiger partial charge in [0.15, 0.2) is 6.61 Å². The van der Waals surface area contributed by atoms with Crippen molar-refractivity contribution in [3.05, 3.63) is 29.8 Å². The molecule has 0 aliphatic carbocycles. The van der Waals surface area contributed by atoms with Crippen LogP contribution in [-0.2, 0) is 14.3 Å². The lowest BCUT2D eigenvalue weighted by Gasteiger charge is -2.21. The van der Waals surface area contributed by atoms with Gasteiger partial charge in [0, 0.05) is 11.6 Å². The highest BCUT2D eigenvalue weighted by molar-refractivity contribution is 5.98. The topological polar surface area (TPSA) is 123 Å². The maximum absolute atomic E-state index is 12.5. The second-order valence-electron chi connectivity index (χ2n) is 7.09. The van der Waals surface area contributed by atoms with E-state index in [1.807, 2.05) is 13.8 Å². The molecule has 0 saturated heterocycles. The molecule has 0 bridgehead atoms. The lowest BCUT2D eigenvalue weighted by molar-refractivity contribution is -0.151. The van der Waals surface area contributed by atoms with Gasteiger partial charge in [0.2, 0.25) is 0 Å². The maximum Gasteiger partial charge on any atom is 0.329 e. The number of esters is 1. The largest absolute Gasteiger partial charge is 0.494 e. The van der Waals surface area contributed by atoms with Crippen LogP contribution in [-0.4, -0.2) is 49.1 Å². The summed E-state index contributed by atoms with van der Waals surface area (Å²) in [5.41, 5.74) is 0.358. The lowest BCUT2D eigenvalue weighted by Crippen LogP contribution is -2.47. The molecule has 166 valence electrons. The molecule has 1 aromatic rings. The zero-order valence-electron chi connectivity index (χ0n) is 18.1. The summed E-state index contributed by atoms with van der Waals surface area (Å²) in [6.07, 6.45) is 0.709. The molecule has 0 saturated carbocycles. The van der Waals surface area contributed by atoms with E-state index in [1.54, 1.807) is 45.0 Å². The number of hydrogen-bond donors (Lipinski definition) is 3. The molecule has 0 heterocycles. The molecule has 9 nitrogen and oxygen atoms in total. The van der Waals surface area contributed by atoms with Crippen LogP contribution in [0, 0.1) is 5.92 Å². The quantitative estimate of drug-likeness (QED) is 0.497. The van der Waals surface area contributed by atoms with E-state index in [4.69, 9.17) is 9.47 Å². The van der Waals surface area contributed by atoms with E-state index in [0.29, 0.717) is 24.3 Å². The number of urea groups is 1. The molecular weight excluding hydrogens is 390 g/mol. The highest BCUT2D eigenvalue weighted by atomic mass is 16.5. The first-order chi connectivity index (χ1) is 14.2. The molecule has 1 aromatic carbocycles. The molecule has 0 fully saturated rings. The molecule has 9 heteroatoms. The third kappa shape index (κ3) is 8.50. The van der Waals surface area contributed by atoms with Gasteiger partial charge in [-0.1, -0.05) is 20.8 Å². The highest BCUT2D eigenvalue weighted by Gasteiger charge is 2.27. The van der Waals surface area contributed by atoms with Crippen LogP contribution in [0.3, 0.4) is 0 Å². The van der Waals surface area contributed by atoms with Crippen LogP contribution < -0.4 is 20.7 Å². The SMILES string of the molecule is CCOc1ccc(C(=O)N[C@H](C(=O)OCC(=O)NC(=O)N[C@H](C)CC)C(C)C)cc1. The number of amides is 4. The first-order valence-electron chi connectivity index (χ1n) is 9.98. The number of imide groups is 1. The number of benzene rings is 1. The van der Waals surface area contributed by atoms with Gasteiger partial charge in [0.05, 0.1) is 6.61 Å². The lowest BCUT2D eigenvalue weighted by atomic mass is 10.0. The molecule has 0 radical (unpaired) electrons. The van der Waals surface area contributed by atoms with Crippen LogP contribution in [0.5, 0.6) is 5.75 Å². The average Bonchev–Trinajstić information content (AvgIpc) is 2.70. The van der Waals surface area contributed by atoms with Crippen molar-refractivity contribution in [3.8, 4) is 5.75 Å². The second-order valence-corrected chi connectivity index (χ2v) is 7.09. The van der Waals surface area contributed by atoms with E-state index in [9.17, 15) is 19.2 Å². The summed E-state index contributed by atoms with van der Waals surface area (Å²) in [4.78, 5) is 48.3. The van der Waals surface area contributed by atoms with Crippen molar-refractivity contribution in [2.45, 2.75) is 53.1 Å². The fourth-order valence-electron chi connectivity index (χ4n) is 2.34. The van der Waals surface area contributed by atoms with E-state index in [-0.39, 0.29) is 12.0 Å². The van der Waals surface area contributed by atoms with E-state index in [2.05, 4.69) is 16.0 Å². The Morgan fingerprint density at radius 1 is 0.967 bits per heavy atom. The van der Waals surface area contributed by atoms with E-state index in [0.717, 1.165) is 0 Å². The normalized spacial score (nSPS) is 12.5. The summed E-state index contributed by atoms with van der Waals surface area (Å²) in [6.45, 7) is 8.91. The number of carbonyl (C=O) groups is 4. The van der Waals surface area contributed by atoms with Crippen molar-refractivity contribution in [3.63, 3.8) is 0 Å². The van der Waals surface area contributed by atoms with Crippen LogP contribution in [0.15, 0.2) is 24.3 Å². The molecule has 0 aliphatic rings. The first-order valence-corrected chi connectivity index (χ1v) is 9.98. The Hall–Kier alpha value is -3.10. The molecular formula is C21H31N3O6. The van der Waals surface area contributed by atoms with Gasteiger partial charge < -0.3 is 20.1 Å². The van der Waals surface area contributed by atoms with Gasteiger partial charge in [-0.05, 0) is 50.5 Å². The minimum absolute atomic E-state index is 0.0940. The zero-order chi connectivity index (χ0) is 22.7. The van der Waals surface area contributed by atoms with Gasteiger partial charge in [-0.3, -0.25) is 14.9 Å². The Bertz CT molecular complexity index is 733. The summed E-state index contributed by atoms with van der Waals surface area (Å²) in [6, 6.07) is 4.80. The van der Waals surface area contributed by atoms with Gasteiger partial charge in [-0.2, -0.15) is 0 Å². The van der Waals surface area contributed by atoms with Gasteiger partial charge in [-0.15, -0.1) is 0 Å². The number of hydrogen-bond acceptors (Lipinski definition) is 6. The summed E-state index contributed by atoms with van der Waals surface area (Å²) in [7, 11) is 0. The number of nitrogens with one attached hydrogen (secondary N) is 3. The van der Waals surface area contributed by atoms with Crippen molar-refractivity contribution in [2.75, 3.05) is 13.2 Å².